The second-order valence-electron chi connectivity index (χ2n) is 11.5. The number of benzene rings is 2. The molecule has 4 heterocycles. The molecule has 212 valence electrons. The number of imide groups is 1. The van der Waals surface area contributed by atoms with Crippen LogP contribution in [0.1, 0.15) is 78.2 Å². The van der Waals surface area contributed by atoms with Crippen molar-refractivity contribution >= 4 is 17.7 Å². The van der Waals surface area contributed by atoms with Gasteiger partial charge in [0.15, 0.2) is 6.23 Å². The molecular formula is C31H38N4O5. The van der Waals surface area contributed by atoms with Gasteiger partial charge in [-0.05, 0) is 75.5 Å². The number of carbonyl (C=O) groups excluding carboxylic acids is 3. The van der Waals surface area contributed by atoms with Crippen LogP contribution in [-0.2, 0) is 22.7 Å². The number of amides is 3. The molecule has 9 heteroatoms. The molecule has 2 N–H and O–H groups in total. The zero-order chi connectivity index (χ0) is 27.6. The summed E-state index contributed by atoms with van der Waals surface area (Å²) in [7, 11) is 0. The average molecular weight is 547 g/mol. The van der Waals surface area contributed by atoms with Crippen molar-refractivity contribution in [2.75, 3.05) is 26.2 Å². The van der Waals surface area contributed by atoms with Crippen LogP contribution in [0.2, 0.25) is 0 Å². The number of ether oxygens (including phenoxy) is 1. The summed E-state index contributed by atoms with van der Waals surface area (Å²) >= 11 is 0. The number of aliphatic hydroxyl groups is 1. The number of piperidine rings is 3. The van der Waals surface area contributed by atoms with Crippen LogP contribution >= 0.6 is 0 Å². The van der Waals surface area contributed by atoms with Gasteiger partial charge in [0, 0.05) is 24.6 Å². The summed E-state index contributed by atoms with van der Waals surface area (Å²) < 4.78 is 6.06. The Kier molecular flexibility index (Phi) is 7.87. The van der Waals surface area contributed by atoms with E-state index in [-0.39, 0.29) is 30.9 Å². The minimum absolute atomic E-state index is 0.124. The predicted octanol–water partition coefficient (Wildman–Crippen LogP) is 2.97. The quantitative estimate of drug-likeness (QED) is 0.515. The van der Waals surface area contributed by atoms with Crippen molar-refractivity contribution in [3.05, 3.63) is 64.7 Å². The van der Waals surface area contributed by atoms with E-state index < -0.39 is 24.1 Å². The monoisotopic (exact) mass is 546 g/mol. The van der Waals surface area contributed by atoms with Gasteiger partial charge in [-0.3, -0.25) is 29.5 Å². The molecule has 0 saturated carbocycles. The summed E-state index contributed by atoms with van der Waals surface area (Å²) in [6.45, 7) is 6.05. The predicted molar refractivity (Wildman–Crippen MR) is 148 cm³/mol. The molecule has 3 amide bonds. The van der Waals surface area contributed by atoms with E-state index in [4.69, 9.17) is 4.74 Å². The molecule has 0 spiro atoms. The van der Waals surface area contributed by atoms with Gasteiger partial charge >= 0.3 is 0 Å². The van der Waals surface area contributed by atoms with Gasteiger partial charge in [0.05, 0.1) is 5.56 Å². The van der Waals surface area contributed by atoms with Crippen molar-refractivity contribution in [3.63, 3.8) is 0 Å². The third-order valence-electron chi connectivity index (χ3n) is 8.88. The van der Waals surface area contributed by atoms with Gasteiger partial charge in [0.1, 0.15) is 18.4 Å². The SMILES string of the molecule is O=C1CCC(N2C(=O)c3c(OCc4ccc(CN5CCC(N6CCCCC6)CC5)cc4)cccc3C2O)C(=O)N1. The van der Waals surface area contributed by atoms with Gasteiger partial charge in [0.25, 0.3) is 5.91 Å². The number of hydrogen-bond donors (Lipinski definition) is 2. The van der Waals surface area contributed by atoms with Crippen molar-refractivity contribution in [1.29, 1.82) is 0 Å². The summed E-state index contributed by atoms with van der Waals surface area (Å²) in [5.74, 6) is -1.03. The zero-order valence-electron chi connectivity index (χ0n) is 22.9. The van der Waals surface area contributed by atoms with Crippen LogP contribution in [0.5, 0.6) is 5.75 Å². The van der Waals surface area contributed by atoms with E-state index in [1.54, 1.807) is 18.2 Å². The second kappa shape index (κ2) is 11.7. The van der Waals surface area contributed by atoms with E-state index >= 15 is 0 Å². The van der Waals surface area contributed by atoms with Gasteiger partial charge in [-0.1, -0.05) is 42.8 Å². The molecule has 3 fully saturated rings. The smallest absolute Gasteiger partial charge is 0.261 e. The molecular weight excluding hydrogens is 508 g/mol. The van der Waals surface area contributed by atoms with Crippen molar-refractivity contribution in [2.24, 2.45) is 0 Å². The van der Waals surface area contributed by atoms with E-state index in [9.17, 15) is 19.5 Å². The van der Waals surface area contributed by atoms with Crippen LogP contribution in [0, 0.1) is 0 Å². The Morgan fingerprint density at radius 3 is 2.33 bits per heavy atom. The van der Waals surface area contributed by atoms with Crippen LogP contribution in [0.4, 0.5) is 0 Å². The molecule has 9 nitrogen and oxygen atoms in total. The molecule has 4 aliphatic rings. The lowest BCUT2D eigenvalue weighted by Crippen LogP contribution is -2.53. The molecule has 6 rings (SSSR count). The van der Waals surface area contributed by atoms with Crippen LogP contribution in [-0.4, -0.2) is 75.8 Å². The highest BCUT2D eigenvalue weighted by Gasteiger charge is 2.45. The van der Waals surface area contributed by atoms with E-state index in [0.29, 0.717) is 11.3 Å². The minimum Gasteiger partial charge on any atom is -0.488 e. The van der Waals surface area contributed by atoms with Crippen molar-refractivity contribution in [3.8, 4) is 5.75 Å². The summed E-state index contributed by atoms with van der Waals surface area (Å²) in [5, 5.41) is 13.1. The summed E-state index contributed by atoms with van der Waals surface area (Å²) in [6, 6.07) is 13.4. The molecule has 4 aliphatic heterocycles. The summed E-state index contributed by atoms with van der Waals surface area (Å²) in [5.41, 5.74) is 2.94. The number of rotatable bonds is 7. The second-order valence-corrected chi connectivity index (χ2v) is 11.5. The first-order valence-electron chi connectivity index (χ1n) is 14.6. The Morgan fingerprint density at radius 2 is 1.60 bits per heavy atom. The molecule has 2 aromatic carbocycles. The highest BCUT2D eigenvalue weighted by molar-refractivity contribution is 6.06. The van der Waals surface area contributed by atoms with E-state index in [1.165, 1.54) is 50.8 Å². The number of nitrogens with zero attached hydrogens (tertiary/aromatic N) is 3. The minimum atomic E-state index is -1.26. The van der Waals surface area contributed by atoms with Crippen molar-refractivity contribution < 1.29 is 24.2 Å². The number of likely N-dealkylation sites (tertiary alicyclic amines) is 2. The van der Waals surface area contributed by atoms with Gasteiger partial charge in [-0.15, -0.1) is 0 Å². The number of nitrogens with one attached hydrogen (secondary N) is 1. The molecule has 0 radical (unpaired) electrons. The van der Waals surface area contributed by atoms with Gasteiger partial charge < -0.3 is 14.7 Å². The first-order chi connectivity index (χ1) is 19.5. The Hall–Kier alpha value is -3.27. The molecule has 0 bridgehead atoms. The third kappa shape index (κ3) is 5.50. The molecule has 40 heavy (non-hydrogen) atoms. The maximum atomic E-state index is 13.3. The Bertz CT molecular complexity index is 1250. The third-order valence-corrected chi connectivity index (χ3v) is 8.88. The fourth-order valence-corrected chi connectivity index (χ4v) is 6.65. The van der Waals surface area contributed by atoms with E-state index in [2.05, 4.69) is 39.4 Å². The fraction of sp³-hybridized carbons (Fsp3) is 0.516. The number of hydrogen-bond acceptors (Lipinski definition) is 7. The molecule has 2 atom stereocenters. The Morgan fingerprint density at radius 1 is 0.875 bits per heavy atom. The first kappa shape index (κ1) is 26.9. The van der Waals surface area contributed by atoms with Crippen molar-refractivity contribution in [1.82, 2.24) is 20.0 Å². The number of fused-ring (bicyclic) bond motifs is 1. The zero-order valence-corrected chi connectivity index (χ0v) is 22.9. The normalized spacial score (nSPS) is 24.7. The van der Waals surface area contributed by atoms with Crippen LogP contribution in [0.25, 0.3) is 0 Å². The van der Waals surface area contributed by atoms with Crippen LogP contribution in [0.3, 0.4) is 0 Å². The Balaban J connectivity index is 1.04. The van der Waals surface area contributed by atoms with Crippen LogP contribution < -0.4 is 10.1 Å². The molecule has 2 unspecified atom stereocenters. The Labute approximate surface area is 235 Å². The van der Waals surface area contributed by atoms with E-state index in [1.807, 2.05) is 0 Å². The lowest BCUT2D eigenvalue weighted by molar-refractivity contribution is -0.139. The highest BCUT2D eigenvalue weighted by Crippen LogP contribution is 2.39. The molecule has 0 aliphatic carbocycles. The molecule has 0 aromatic heterocycles. The topological polar surface area (TPSA) is 102 Å². The first-order valence-corrected chi connectivity index (χ1v) is 14.6. The molecule has 2 aromatic rings. The van der Waals surface area contributed by atoms with Crippen molar-refractivity contribution in [2.45, 2.75) is 76.4 Å². The van der Waals surface area contributed by atoms with E-state index in [0.717, 1.165) is 36.1 Å². The number of aliphatic hydroxyl groups excluding tert-OH is 1. The van der Waals surface area contributed by atoms with Crippen LogP contribution in [0.15, 0.2) is 42.5 Å². The fourth-order valence-electron chi connectivity index (χ4n) is 6.65. The highest BCUT2D eigenvalue weighted by atomic mass is 16.5. The lowest BCUT2D eigenvalue weighted by Gasteiger charge is -2.40. The van der Waals surface area contributed by atoms with Gasteiger partial charge in [-0.25, -0.2) is 0 Å². The maximum absolute atomic E-state index is 13.3. The van der Waals surface area contributed by atoms with Gasteiger partial charge in [0.2, 0.25) is 11.8 Å². The lowest BCUT2D eigenvalue weighted by atomic mass is 9.99. The standard InChI is InChI=1S/C31H38N4O5/c36-27-12-11-25(29(37)32-27)35-30(38)24-5-4-6-26(28(24)31(35)39)40-20-22-9-7-21(8-10-22)19-33-17-13-23(14-18-33)34-15-2-1-3-16-34/h4-10,23,25,30,38H,1-3,11-20H2,(H,32,36,37). The summed E-state index contributed by atoms with van der Waals surface area (Å²) in [4.78, 5) is 43.7. The van der Waals surface area contributed by atoms with Gasteiger partial charge in [-0.2, -0.15) is 0 Å². The average Bonchev–Trinajstić information content (AvgIpc) is 3.23. The number of carbonyl (C=O) groups is 3. The largest absolute Gasteiger partial charge is 0.488 e. The summed E-state index contributed by atoms with van der Waals surface area (Å²) in [6.07, 6.45) is 5.63. The molecule has 3 saturated heterocycles. The maximum Gasteiger partial charge on any atom is 0.261 e.